The molecule has 1 heterocycles. The van der Waals surface area contributed by atoms with Crippen LogP contribution in [-0.2, 0) is 18.3 Å². The second-order valence-electron chi connectivity index (χ2n) is 5.21. The smallest absolute Gasteiger partial charge is 0.220 e. The van der Waals surface area contributed by atoms with Crippen molar-refractivity contribution in [3.63, 3.8) is 0 Å². The quantitative estimate of drug-likeness (QED) is 0.820. The van der Waals surface area contributed by atoms with E-state index in [0.29, 0.717) is 12.8 Å². The molecule has 22 heavy (non-hydrogen) atoms. The molecule has 0 aliphatic carbocycles. The van der Waals surface area contributed by atoms with Crippen LogP contribution in [0.1, 0.15) is 23.8 Å². The molecule has 2 N–H and O–H groups in total. The Kier molecular flexibility index (Phi) is 5.61. The molecule has 1 aromatic heterocycles. The molecule has 0 aliphatic rings. The molecule has 0 fully saturated rings. The van der Waals surface area contributed by atoms with E-state index < -0.39 is 6.10 Å². The van der Waals surface area contributed by atoms with Crippen molar-refractivity contribution >= 4 is 5.91 Å². The van der Waals surface area contributed by atoms with Crippen molar-refractivity contribution in [1.82, 2.24) is 9.88 Å². The number of carbonyl (C=O) groups excluding carboxylic acids is 1. The monoisotopic (exact) mass is 302 g/mol. The zero-order chi connectivity index (χ0) is 15.9. The predicted octanol–water partition coefficient (Wildman–Crippen LogP) is 1.82. The summed E-state index contributed by atoms with van der Waals surface area (Å²) in [6.45, 7) is 0.222. The molecular formula is C17H22N2O3. The molecule has 0 spiro atoms. The van der Waals surface area contributed by atoms with E-state index in [9.17, 15) is 9.90 Å². The Labute approximate surface area is 130 Å². The molecule has 5 nitrogen and oxygen atoms in total. The summed E-state index contributed by atoms with van der Waals surface area (Å²) in [6, 6.07) is 11.4. The van der Waals surface area contributed by atoms with Gasteiger partial charge < -0.3 is 19.7 Å². The van der Waals surface area contributed by atoms with Crippen molar-refractivity contribution in [3.05, 3.63) is 53.9 Å². The Bertz CT molecular complexity index is 605. The first kappa shape index (κ1) is 16.1. The molecule has 1 amide bonds. The fourth-order valence-corrected chi connectivity index (χ4v) is 2.27. The average molecular weight is 302 g/mol. The van der Waals surface area contributed by atoms with Crippen LogP contribution in [0, 0.1) is 0 Å². The zero-order valence-corrected chi connectivity index (χ0v) is 13.0. The van der Waals surface area contributed by atoms with Crippen molar-refractivity contribution in [3.8, 4) is 5.75 Å². The highest BCUT2D eigenvalue weighted by molar-refractivity contribution is 5.76. The minimum atomic E-state index is -0.690. The Hall–Kier alpha value is -2.27. The highest BCUT2D eigenvalue weighted by Crippen LogP contribution is 2.13. The summed E-state index contributed by atoms with van der Waals surface area (Å²) >= 11 is 0. The van der Waals surface area contributed by atoms with Crippen LogP contribution in [0.3, 0.4) is 0 Å². The number of rotatable bonds is 7. The van der Waals surface area contributed by atoms with E-state index in [4.69, 9.17) is 4.74 Å². The molecule has 0 aliphatic heterocycles. The van der Waals surface area contributed by atoms with Gasteiger partial charge in [-0.25, -0.2) is 0 Å². The summed E-state index contributed by atoms with van der Waals surface area (Å²) in [6.07, 6.45) is 2.23. The molecule has 0 bridgehead atoms. The van der Waals surface area contributed by atoms with E-state index >= 15 is 0 Å². The first-order valence-electron chi connectivity index (χ1n) is 7.29. The van der Waals surface area contributed by atoms with Crippen molar-refractivity contribution in [2.45, 2.75) is 18.9 Å². The third kappa shape index (κ3) is 4.36. The number of nitrogens with one attached hydrogen (secondary N) is 1. The van der Waals surface area contributed by atoms with Gasteiger partial charge in [0.2, 0.25) is 5.91 Å². The van der Waals surface area contributed by atoms with Crippen molar-refractivity contribution in [2.75, 3.05) is 13.7 Å². The molecule has 0 saturated carbocycles. The Morgan fingerprint density at radius 3 is 2.64 bits per heavy atom. The van der Waals surface area contributed by atoms with Crippen molar-refractivity contribution in [1.29, 1.82) is 0 Å². The van der Waals surface area contributed by atoms with Gasteiger partial charge in [-0.3, -0.25) is 4.79 Å². The number of hydrogen-bond acceptors (Lipinski definition) is 3. The lowest BCUT2D eigenvalue weighted by Crippen LogP contribution is -2.29. The first-order chi connectivity index (χ1) is 10.6. The summed E-state index contributed by atoms with van der Waals surface area (Å²) in [5, 5.41) is 12.8. The van der Waals surface area contributed by atoms with Gasteiger partial charge in [0, 0.05) is 31.9 Å². The molecule has 1 atom stereocenters. The van der Waals surface area contributed by atoms with Gasteiger partial charge in [-0.1, -0.05) is 12.1 Å². The van der Waals surface area contributed by atoms with Crippen molar-refractivity contribution < 1.29 is 14.6 Å². The second kappa shape index (κ2) is 7.66. The number of aromatic nitrogens is 1. The largest absolute Gasteiger partial charge is 0.497 e. The molecule has 0 saturated heterocycles. The van der Waals surface area contributed by atoms with E-state index in [2.05, 4.69) is 5.32 Å². The van der Waals surface area contributed by atoms with Crippen LogP contribution >= 0.6 is 0 Å². The lowest BCUT2D eigenvalue weighted by molar-refractivity contribution is -0.121. The maximum Gasteiger partial charge on any atom is 0.220 e. The predicted molar refractivity (Wildman–Crippen MR) is 84.7 cm³/mol. The molecule has 0 radical (unpaired) electrons. The third-order valence-corrected chi connectivity index (χ3v) is 3.62. The van der Waals surface area contributed by atoms with Crippen LogP contribution in [0.4, 0.5) is 0 Å². The number of methoxy groups -OCH3 is 1. The number of ether oxygens (including phenoxy) is 1. The van der Waals surface area contributed by atoms with Gasteiger partial charge in [-0.05, 0) is 36.2 Å². The maximum absolute atomic E-state index is 11.8. The highest BCUT2D eigenvalue weighted by Gasteiger charge is 2.11. The number of benzene rings is 1. The minimum Gasteiger partial charge on any atom is -0.497 e. The number of nitrogens with zero attached hydrogens (tertiary/aromatic N) is 1. The standard InChI is InChI=1S/C17H22N2O3/c1-19-11-3-4-15(19)16(20)12-18-17(21)10-7-13-5-8-14(22-2)9-6-13/h3-6,8-9,11,16,20H,7,10,12H2,1-2H3,(H,18,21). The van der Waals surface area contributed by atoms with Crippen LogP contribution in [0.25, 0.3) is 0 Å². The minimum absolute atomic E-state index is 0.0657. The highest BCUT2D eigenvalue weighted by atomic mass is 16.5. The number of carbonyl (C=O) groups is 1. The van der Waals surface area contributed by atoms with Crippen LogP contribution in [0.5, 0.6) is 5.75 Å². The Morgan fingerprint density at radius 2 is 2.05 bits per heavy atom. The normalized spacial score (nSPS) is 12.0. The molecule has 1 unspecified atom stereocenters. The lowest BCUT2D eigenvalue weighted by atomic mass is 10.1. The molecule has 2 rings (SSSR count). The van der Waals surface area contributed by atoms with E-state index in [1.54, 1.807) is 7.11 Å². The molecule has 118 valence electrons. The van der Waals surface area contributed by atoms with Gasteiger partial charge in [0.15, 0.2) is 0 Å². The summed E-state index contributed by atoms with van der Waals surface area (Å²) < 4.78 is 6.94. The molecular weight excluding hydrogens is 280 g/mol. The fraction of sp³-hybridized carbons (Fsp3) is 0.353. The summed E-state index contributed by atoms with van der Waals surface area (Å²) in [4.78, 5) is 11.8. The SMILES string of the molecule is COc1ccc(CCC(=O)NCC(O)c2cccn2C)cc1. The van der Waals surface area contributed by atoms with E-state index in [-0.39, 0.29) is 12.5 Å². The van der Waals surface area contributed by atoms with Crippen molar-refractivity contribution in [2.24, 2.45) is 7.05 Å². The second-order valence-corrected chi connectivity index (χ2v) is 5.21. The number of amides is 1. The number of aliphatic hydroxyl groups is 1. The Balaban J connectivity index is 1.74. The van der Waals surface area contributed by atoms with E-state index in [1.165, 1.54) is 0 Å². The Morgan fingerprint density at radius 1 is 1.32 bits per heavy atom. The molecule has 1 aromatic carbocycles. The number of aliphatic hydroxyl groups excluding tert-OH is 1. The van der Waals surface area contributed by atoms with Crippen LogP contribution < -0.4 is 10.1 Å². The summed E-state index contributed by atoms with van der Waals surface area (Å²) in [7, 11) is 3.49. The van der Waals surface area contributed by atoms with Gasteiger partial charge >= 0.3 is 0 Å². The summed E-state index contributed by atoms with van der Waals surface area (Å²) in [5.41, 5.74) is 1.87. The molecule has 2 aromatic rings. The van der Waals surface area contributed by atoms with Gasteiger partial charge in [0.05, 0.1) is 7.11 Å². The lowest BCUT2D eigenvalue weighted by Gasteiger charge is -2.13. The first-order valence-corrected chi connectivity index (χ1v) is 7.29. The summed E-state index contributed by atoms with van der Waals surface area (Å²) in [5.74, 6) is 0.739. The van der Waals surface area contributed by atoms with Crippen LogP contribution in [-0.4, -0.2) is 29.2 Å². The van der Waals surface area contributed by atoms with Gasteiger partial charge in [-0.2, -0.15) is 0 Å². The molecule has 5 heteroatoms. The van der Waals surface area contributed by atoms with Gasteiger partial charge in [-0.15, -0.1) is 0 Å². The van der Waals surface area contributed by atoms with Gasteiger partial charge in [0.25, 0.3) is 0 Å². The zero-order valence-electron chi connectivity index (χ0n) is 13.0. The number of aryl methyl sites for hydroxylation is 2. The third-order valence-electron chi connectivity index (χ3n) is 3.62. The van der Waals surface area contributed by atoms with E-state index in [1.807, 2.05) is 54.2 Å². The van der Waals surface area contributed by atoms with Crippen LogP contribution in [0.2, 0.25) is 0 Å². The maximum atomic E-state index is 11.8. The topological polar surface area (TPSA) is 63.5 Å². The average Bonchev–Trinajstić information content (AvgIpc) is 2.97. The van der Waals surface area contributed by atoms with Crippen LogP contribution in [0.15, 0.2) is 42.6 Å². The van der Waals surface area contributed by atoms with E-state index in [0.717, 1.165) is 17.0 Å². The number of hydrogen-bond donors (Lipinski definition) is 2. The van der Waals surface area contributed by atoms with Gasteiger partial charge in [0.1, 0.15) is 11.9 Å². The fourth-order valence-electron chi connectivity index (χ4n) is 2.27.